The Kier molecular flexibility index (Phi) is 4.98. The van der Waals surface area contributed by atoms with E-state index in [1.165, 1.54) is 17.5 Å². The second-order valence-electron chi connectivity index (χ2n) is 5.64. The van der Waals surface area contributed by atoms with E-state index in [4.69, 9.17) is 4.42 Å². The zero-order chi connectivity index (χ0) is 19.5. The fourth-order valence-corrected chi connectivity index (χ4v) is 3.21. The molecule has 4 heterocycles. The van der Waals surface area contributed by atoms with Gasteiger partial charge in [-0.25, -0.2) is 4.98 Å². The molecule has 0 spiro atoms. The van der Waals surface area contributed by atoms with Gasteiger partial charge in [0.1, 0.15) is 15.8 Å². The van der Waals surface area contributed by atoms with E-state index in [0.29, 0.717) is 12.0 Å². The first-order valence-corrected chi connectivity index (χ1v) is 8.97. The van der Waals surface area contributed by atoms with Crippen LogP contribution in [0.5, 0.6) is 0 Å². The molecule has 11 heteroatoms. The Balaban J connectivity index is 1.46. The van der Waals surface area contributed by atoms with Crippen LogP contribution in [0.15, 0.2) is 41.1 Å². The zero-order valence-corrected chi connectivity index (χ0v) is 15.3. The van der Waals surface area contributed by atoms with E-state index < -0.39 is 12.3 Å². The number of aromatic nitrogens is 6. The van der Waals surface area contributed by atoms with Crippen molar-refractivity contribution in [1.82, 2.24) is 30.4 Å². The molecule has 0 aliphatic heterocycles. The van der Waals surface area contributed by atoms with Crippen LogP contribution in [0.3, 0.4) is 0 Å². The number of alkyl halides is 2. The minimum Gasteiger partial charge on any atom is -0.415 e. The lowest BCUT2D eigenvalue weighted by Crippen LogP contribution is -1.92. The van der Waals surface area contributed by atoms with Crippen LogP contribution in [0, 0.1) is 0 Å². The summed E-state index contributed by atoms with van der Waals surface area (Å²) in [5.74, 6) is 0.0717. The lowest BCUT2D eigenvalue weighted by molar-refractivity contribution is 0.116. The number of hydrogen-bond donors (Lipinski definition) is 1. The third-order valence-electron chi connectivity index (χ3n) is 3.76. The van der Waals surface area contributed by atoms with E-state index in [-0.39, 0.29) is 5.89 Å². The summed E-state index contributed by atoms with van der Waals surface area (Å²) in [6.45, 7) is 0. The molecule has 0 atom stereocenters. The van der Waals surface area contributed by atoms with Crippen LogP contribution in [-0.4, -0.2) is 37.4 Å². The van der Waals surface area contributed by atoms with E-state index in [1.54, 1.807) is 25.4 Å². The smallest absolute Gasteiger partial charge is 0.314 e. The van der Waals surface area contributed by atoms with Crippen molar-refractivity contribution in [3.8, 4) is 22.0 Å². The van der Waals surface area contributed by atoms with Crippen LogP contribution in [0.25, 0.3) is 22.0 Å². The van der Waals surface area contributed by atoms with Crippen molar-refractivity contribution in [2.45, 2.75) is 12.8 Å². The molecule has 4 rings (SSSR count). The summed E-state index contributed by atoms with van der Waals surface area (Å²) in [6, 6.07) is 7.24. The maximum atomic E-state index is 12.5. The Morgan fingerprint density at radius 3 is 2.46 bits per heavy atom. The van der Waals surface area contributed by atoms with Gasteiger partial charge in [-0.2, -0.15) is 8.78 Å². The maximum absolute atomic E-state index is 12.5. The number of anilines is 1. The average Bonchev–Trinajstić information content (AvgIpc) is 3.39. The summed E-state index contributed by atoms with van der Waals surface area (Å²) >= 11 is 1.45. The first-order chi connectivity index (χ1) is 13.6. The van der Waals surface area contributed by atoms with E-state index >= 15 is 0 Å². The predicted molar refractivity (Wildman–Crippen MR) is 98.0 cm³/mol. The minimum absolute atomic E-state index is 0.00469. The summed E-state index contributed by atoms with van der Waals surface area (Å²) < 4.78 is 30.0. The summed E-state index contributed by atoms with van der Waals surface area (Å²) in [5, 5.41) is 19.8. The Bertz CT molecular complexity index is 1060. The molecule has 0 radical (unpaired) electrons. The standard InChI is InChI=1S/C17H13F2N7OS/c1-20-12-5-3-10(8-22-12)17-26-23-13(28-17)6-11-4-2-9(7-21-11)15-24-25-16(27-15)14(18)19/h2-5,7-8,14H,6H2,1H3,(H,20,22). The summed E-state index contributed by atoms with van der Waals surface area (Å²) in [6.07, 6.45) is 0.929. The third kappa shape index (κ3) is 3.83. The van der Waals surface area contributed by atoms with Gasteiger partial charge < -0.3 is 9.73 Å². The molecule has 142 valence electrons. The van der Waals surface area contributed by atoms with Crippen LogP contribution in [-0.2, 0) is 6.42 Å². The van der Waals surface area contributed by atoms with E-state index in [2.05, 4.69) is 35.7 Å². The topological polar surface area (TPSA) is 103 Å². The molecule has 0 aliphatic rings. The Morgan fingerprint density at radius 2 is 1.82 bits per heavy atom. The highest BCUT2D eigenvalue weighted by atomic mass is 32.1. The van der Waals surface area contributed by atoms with Crippen molar-refractivity contribution in [2.24, 2.45) is 0 Å². The molecule has 4 aromatic rings. The lowest BCUT2D eigenvalue weighted by Gasteiger charge is -1.99. The van der Waals surface area contributed by atoms with Crippen molar-refractivity contribution in [3.63, 3.8) is 0 Å². The van der Waals surface area contributed by atoms with E-state index in [0.717, 1.165) is 27.1 Å². The number of pyridine rings is 2. The maximum Gasteiger partial charge on any atom is 0.314 e. The molecule has 8 nitrogen and oxygen atoms in total. The Hall–Kier alpha value is -3.34. The molecular formula is C17H13F2N7OS. The third-order valence-corrected chi connectivity index (χ3v) is 4.74. The molecule has 0 aromatic carbocycles. The van der Waals surface area contributed by atoms with Gasteiger partial charge in [0.2, 0.25) is 5.89 Å². The van der Waals surface area contributed by atoms with Crippen LogP contribution >= 0.6 is 11.3 Å². The average molecular weight is 401 g/mol. The summed E-state index contributed by atoms with van der Waals surface area (Å²) in [7, 11) is 1.81. The number of halogens is 2. The van der Waals surface area contributed by atoms with Crippen LogP contribution in [0.1, 0.15) is 23.0 Å². The van der Waals surface area contributed by atoms with Crippen LogP contribution in [0.4, 0.5) is 14.6 Å². The van der Waals surface area contributed by atoms with E-state index in [9.17, 15) is 8.78 Å². The molecule has 0 fully saturated rings. The Morgan fingerprint density at radius 1 is 1.00 bits per heavy atom. The first-order valence-electron chi connectivity index (χ1n) is 8.16. The second-order valence-corrected chi connectivity index (χ2v) is 6.71. The van der Waals surface area contributed by atoms with Gasteiger partial charge in [0, 0.05) is 37.1 Å². The fraction of sp³-hybridized carbons (Fsp3) is 0.176. The van der Waals surface area contributed by atoms with Crippen LogP contribution in [0.2, 0.25) is 0 Å². The highest BCUT2D eigenvalue weighted by Gasteiger charge is 2.17. The predicted octanol–water partition coefficient (Wildman–Crippen LogP) is 3.62. The van der Waals surface area contributed by atoms with E-state index in [1.807, 2.05) is 12.1 Å². The number of hydrogen-bond acceptors (Lipinski definition) is 9. The largest absolute Gasteiger partial charge is 0.415 e. The van der Waals surface area contributed by atoms with Gasteiger partial charge in [-0.05, 0) is 24.3 Å². The molecule has 0 unspecified atom stereocenters. The van der Waals surface area contributed by atoms with Crippen molar-refractivity contribution in [1.29, 1.82) is 0 Å². The molecule has 0 aliphatic carbocycles. The summed E-state index contributed by atoms with van der Waals surface area (Å²) in [4.78, 5) is 8.58. The number of nitrogens with zero attached hydrogens (tertiary/aromatic N) is 6. The SMILES string of the molecule is CNc1ccc(-c2nnc(Cc3ccc(-c4nnc(C(F)F)o4)cn3)s2)cn1. The van der Waals surface area contributed by atoms with Crippen LogP contribution < -0.4 is 5.32 Å². The minimum atomic E-state index is -2.80. The Labute approximate surface area is 161 Å². The van der Waals surface area contributed by atoms with Gasteiger partial charge >= 0.3 is 6.43 Å². The van der Waals surface area contributed by atoms with Crippen molar-refractivity contribution in [3.05, 3.63) is 53.3 Å². The van der Waals surface area contributed by atoms with Crippen molar-refractivity contribution >= 4 is 17.2 Å². The second kappa shape index (κ2) is 7.72. The highest BCUT2D eigenvalue weighted by molar-refractivity contribution is 7.14. The molecule has 0 saturated carbocycles. The van der Waals surface area contributed by atoms with Crippen molar-refractivity contribution < 1.29 is 13.2 Å². The van der Waals surface area contributed by atoms with Gasteiger partial charge in [0.25, 0.3) is 5.89 Å². The van der Waals surface area contributed by atoms with Gasteiger partial charge in [-0.3, -0.25) is 4.98 Å². The molecule has 4 aromatic heterocycles. The molecule has 1 N–H and O–H groups in total. The van der Waals surface area contributed by atoms with Gasteiger partial charge in [0.05, 0.1) is 5.56 Å². The fourth-order valence-electron chi connectivity index (χ4n) is 2.36. The first kappa shape index (κ1) is 18.0. The normalized spacial score (nSPS) is 11.1. The number of rotatable bonds is 6. The summed E-state index contributed by atoms with van der Waals surface area (Å²) in [5.41, 5.74) is 2.11. The van der Waals surface area contributed by atoms with Crippen molar-refractivity contribution in [2.75, 3.05) is 12.4 Å². The number of nitrogens with one attached hydrogen (secondary N) is 1. The molecular weight excluding hydrogens is 388 g/mol. The van der Waals surface area contributed by atoms with Gasteiger partial charge in [-0.15, -0.1) is 20.4 Å². The van der Waals surface area contributed by atoms with Gasteiger partial charge in [0.15, 0.2) is 0 Å². The highest BCUT2D eigenvalue weighted by Crippen LogP contribution is 2.26. The lowest BCUT2D eigenvalue weighted by atomic mass is 10.2. The zero-order valence-electron chi connectivity index (χ0n) is 14.5. The molecule has 0 bridgehead atoms. The monoisotopic (exact) mass is 401 g/mol. The molecule has 0 saturated heterocycles. The molecule has 0 amide bonds. The molecule has 28 heavy (non-hydrogen) atoms. The quantitative estimate of drug-likeness (QED) is 0.523. The van der Waals surface area contributed by atoms with Gasteiger partial charge in [-0.1, -0.05) is 11.3 Å².